The molecular formula is C15H11Br2NO3S2. The van der Waals surface area contributed by atoms with Gasteiger partial charge in [-0.2, -0.15) is 0 Å². The number of fused-ring (bicyclic) bond motifs is 1. The molecule has 1 amide bonds. The van der Waals surface area contributed by atoms with E-state index in [1.807, 2.05) is 18.2 Å². The number of hydrogen-bond donors (Lipinski definition) is 1. The molecule has 0 atom stereocenters. The van der Waals surface area contributed by atoms with E-state index in [1.165, 1.54) is 17.8 Å². The highest BCUT2D eigenvalue weighted by Crippen LogP contribution is 2.35. The van der Waals surface area contributed by atoms with Crippen LogP contribution in [0.15, 0.2) is 55.1 Å². The van der Waals surface area contributed by atoms with Crippen molar-refractivity contribution in [3.05, 3.63) is 50.9 Å². The first-order chi connectivity index (χ1) is 10.9. The summed E-state index contributed by atoms with van der Waals surface area (Å²) in [6, 6.07) is 10.3. The molecule has 0 fully saturated rings. The SMILES string of the molecule is O=C1CSc2cc(S(=O)(=O)Cc3c(Br)cccc3Br)ccc2N1. The number of thioether (sulfide) groups is 1. The zero-order valence-electron chi connectivity index (χ0n) is 11.7. The molecule has 3 rings (SSSR count). The number of nitrogens with one attached hydrogen (secondary N) is 1. The number of amides is 1. The van der Waals surface area contributed by atoms with Gasteiger partial charge in [-0.05, 0) is 35.9 Å². The third-order valence-corrected chi connectivity index (χ3v) is 7.52. The number of benzene rings is 2. The fourth-order valence-corrected chi connectivity index (χ4v) is 6.19. The maximum absolute atomic E-state index is 12.7. The summed E-state index contributed by atoms with van der Waals surface area (Å²) in [5.41, 5.74) is 1.35. The Morgan fingerprint density at radius 1 is 1.13 bits per heavy atom. The Morgan fingerprint density at radius 3 is 2.52 bits per heavy atom. The first kappa shape index (κ1) is 17.0. The van der Waals surface area contributed by atoms with E-state index in [0.717, 1.165) is 13.8 Å². The van der Waals surface area contributed by atoms with E-state index >= 15 is 0 Å². The highest BCUT2D eigenvalue weighted by atomic mass is 79.9. The van der Waals surface area contributed by atoms with Gasteiger partial charge in [-0.1, -0.05) is 37.9 Å². The highest BCUT2D eigenvalue weighted by molar-refractivity contribution is 9.11. The van der Waals surface area contributed by atoms with Gasteiger partial charge in [0.25, 0.3) is 0 Å². The van der Waals surface area contributed by atoms with Gasteiger partial charge < -0.3 is 5.32 Å². The molecule has 0 bridgehead atoms. The topological polar surface area (TPSA) is 63.2 Å². The molecule has 1 heterocycles. The highest BCUT2D eigenvalue weighted by Gasteiger charge is 2.22. The Hall–Kier alpha value is -0.830. The lowest BCUT2D eigenvalue weighted by Gasteiger charge is -2.17. The summed E-state index contributed by atoms with van der Waals surface area (Å²) in [5, 5.41) is 2.74. The minimum absolute atomic E-state index is 0.0738. The number of rotatable bonds is 3. The molecule has 1 aliphatic rings. The van der Waals surface area contributed by atoms with Crippen molar-refractivity contribution < 1.29 is 13.2 Å². The predicted molar refractivity (Wildman–Crippen MR) is 98.5 cm³/mol. The van der Waals surface area contributed by atoms with Crippen molar-refractivity contribution >= 4 is 65.1 Å². The Labute approximate surface area is 155 Å². The maximum Gasteiger partial charge on any atom is 0.234 e. The van der Waals surface area contributed by atoms with Crippen LogP contribution < -0.4 is 5.32 Å². The van der Waals surface area contributed by atoms with Gasteiger partial charge >= 0.3 is 0 Å². The van der Waals surface area contributed by atoms with Crippen LogP contribution in [-0.2, 0) is 20.4 Å². The standard InChI is InChI=1S/C15H11Br2NO3S2/c16-11-2-1-3-12(17)10(11)8-23(20,21)9-4-5-13-14(6-9)22-7-15(19)18-13/h1-6H,7-8H2,(H,18,19). The van der Waals surface area contributed by atoms with E-state index in [2.05, 4.69) is 37.2 Å². The molecule has 8 heteroatoms. The van der Waals surface area contributed by atoms with Crippen LogP contribution in [0.5, 0.6) is 0 Å². The van der Waals surface area contributed by atoms with Crippen molar-refractivity contribution in [2.24, 2.45) is 0 Å². The summed E-state index contributed by atoms with van der Waals surface area (Å²) in [5.74, 6) is 0.118. The van der Waals surface area contributed by atoms with Crippen molar-refractivity contribution in [1.29, 1.82) is 0 Å². The van der Waals surface area contributed by atoms with Gasteiger partial charge in [0.1, 0.15) is 0 Å². The van der Waals surface area contributed by atoms with E-state index in [0.29, 0.717) is 17.0 Å². The summed E-state index contributed by atoms with van der Waals surface area (Å²) >= 11 is 8.13. The van der Waals surface area contributed by atoms with E-state index in [9.17, 15) is 13.2 Å². The number of hydrogen-bond acceptors (Lipinski definition) is 4. The second-order valence-electron chi connectivity index (χ2n) is 4.95. The van der Waals surface area contributed by atoms with Crippen molar-refractivity contribution in [1.82, 2.24) is 0 Å². The van der Waals surface area contributed by atoms with Gasteiger partial charge in [0, 0.05) is 13.8 Å². The van der Waals surface area contributed by atoms with Crippen LogP contribution in [0.4, 0.5) is 5.69 Å². The Balaban J connectivity index is 1.96. The molecule has 23 heavy (non-hydrogen) atoms. The lowest BCUT2D eigenvalue weighted by atomic mass is 10.2. The first-order valence-corrected chi connectivity index (χ1v) is 10.8. The fraction of sp³-hybridized carbons (Fsp3) is 0.133. The van der Waals surface area contributed by atoms with E-state index in [-0.39, 0.29) is 16.6 Å². The summed E-state index contributed by atoms with van der Waals surface area (Å²) in [7, 11) is -3.49. The molecule has 0 saturated carbocycles. The quantitative estimate of drug-likeness (QED) is 0.719. The van der Waals surface area contributed by atoms with Crippen molar-refractivity contribution in [2.75, 3.05) is 11.1 Å². The number of carbonyl (C=O) groups is 1. The molecule has 1 N–H and O–H groups in total. The van der Waals surface area contributed by atoms with E-state index in [4.69, 9.17) is 0 Å². The van der Waals surface area contributed by atoms with Crippen LogP contribution in [0.2, 0.25) is 0 Å². The van der Waals surface area contributed by atoms with Crippen LogP contribution in [0.1, 0.15) is 5.56 Å². The smallest absolute Gasteiger partial charge is 0.234 e. The Kier molecular flexibility index (Phi) is 4.87. The molecule has 1 aliphatic heterocycles. The van der Waals surface area contributed by atoms with Crippen molar-refractivity contribution in [3.63, 3.8) is 0 Å². The summed E-state index contributed by atoms with van der Waals surface area (Å²) in [6.07, 6.45) is 0. The number of halogens is 2. The first-order valence-electron chi connectivity index (χ1n) is 6.59. The summed E-state index contributed by atoms with van der Waals surface area (Å²) in [6.45, 7) is 0. The average Bonchev–Trinajstić information content (AvgIpc) is 2.50. The third kappa shape index (κ3) is 3.65. The lowest BCUT2D eigenvalue weighted by Crippen LogP contribution is -2.19. The van der Waals surface area contributed by atoms with E-state index < -0.39 is 9.84 Å². The number of anilines is 1. The molecule has 0 unspecified atom stereocenters. The van der Waals surface area contributed by atoms with Crippen molar-refractivity contribution in [3.8, 4) is 0 Å². The van der Waals surface area contributed by atoms with Gasteiger partial charge in [0.2, 0.25) is 5.91 Å². The molecule has 2 aromatic rings. The van der Waals surface area contributed by atoms with Gasteiger partial charge in [0.05, 0.1) is 22.1 Å². The second kappa shape index (κ2) is 6.58. The number of sulfone groups is 1. The van der Waals surface area contributed by atoms with Gasteiger partial charge in [0.15, 0.2) is 9.84 Å². The lowest BCUT2D eigenvalue weighted by molar-refractivity contribution is -0.113. The zero-order chi connectivity index (χ0) is 16.6. The monoisotopic (exact) mass is 475 g/mol. The minimum Gasteiger partial charge on any atom is -0.324 e. The van der Waals surface area contributed by atoms with Crippen LogP contribution in [0, 0.1) is 0 Å². The summed E-state index contributed by atoms with van der Waals surface area (Å²) < 4.78 is 26.9. The maximum atomic E-state index is 12.7. The Bertz CT molecular complexity index is 877. The molecule has 4 nitrogen and oxygen atoms in total. The second-order valence-corrected chi connectivity index (χ2v) is 9.67. The third-order valence-electron chi connectivity index (χ3n) is 3.34. The molecule has 2 aromatic carbocycles. The molecule has 0 spiro atoms. The number of carbonyl (C=O) groups excluding carboxylic acids is 1. The molecule has 0 aliphatic carbocycles. The predicted octanol–water partition coefficient (Wildman–Crippen LogP) is 4.23. The van der Waals surface area contributed by atoms with Gasteiger partial charge in [-0.15, -0.1) is 11.8 Å². The van der Waals surface area contributed by atoms with Crippen LogP contribution >= 0.6 is 43.6 Å². The largest absolute Gasteiger partial charge is 0.324 e. The molecule has 0 radical (unpaired) electrons. The zero-order valence-corrected chi connectivity index (χ0v) is 16.5. The van der Waals surface area contributed by atoms with Crippen LogP contribution in [0.25, 0.3) is 0 Å². The average molecular weight is 477 g/mol. The normalized spacial score (nSPS) is 14.3. The molecule has 120 valence electrons. The Morgan fingerprint density at radius 2 is 1.83 bits per heavy atom. The van der Waals surface area contributed by atoms with Gasteiger partial charge in [-0.25, -0.2) is 8.42 Å². The molecule has 0 aromatic heterocycles. The molecule has 0 saturated heterocycles. The fourth-order valence-electron chi connectivity index (χ4n) is 2.19. The van der Waals surface area contributed by atoms with Gasteiger partial charge in [-0.3, -0.25) is 4.79 Å². The summed E-state index contributed by atoms with van der Waals surface area (Å²) in [4.78, 5) is 12.4. The minimum atomic E-state index is -3.49. The van der Waals surface area contributed by atoms with Crippen LogP contribution in [0.3, 0.4) is 0 Å². The van der Waals surface area contributed by atoms with Crippen molar-refractivity contribution in [2.45, 2.75) is 15.5 Å². The van der Waals surface area contributed by atoms with E-state index in [1.54, 1.807) is 12.1 Å². The molecular weight excluding hydrogens is 466 g/mol. The van der Waals surface area contributed by atoms with Crippen LogP contribution in [-0.4, -0.2) is 20.1 Å².